The maximum atomic E-state index is 11.7. The van der Waals surface area contributed by atoms with Crippen molar-refractivity contribution in [3.63, 3.8) is 0 Å². The monoisotopic (exact) mass is 380 g/mol. The van der Waals surface area contributed by atoms with Gasteiger partial charge in [-0.1, -0.05) is 66.4 Å². The second kappa shape index (κ2) is 8.84. The first-order valence-electron chi connectivity index (χ1n) is 8.60. The predicted molar refractivity (Wildman–Crippen MR) is 105 cm³/mol. The number of rotatable bonds is 6. The normalized spacial score (nSPS) is 13.6. The van der Waals surface area contributed by atoms with Gasteiger partial charge in [-0.3, -0.25) is 9.59 Å². The summed E-state index contributed by atoms with van der Waals surface area (Å²) in [7, 11) is 1.23. The average Bonchev–Trinajstić information content (AvgIpc) is 2.67. The van der Waals surface area contributed by atoms with Crippen LogP contribution in [-0.2, 0) is 14.3 Å². The van der Waals surface area contributed by atoms with Crippen LogP contribution in [0.25, 0.3) is 5.57 Å². The van der Waals surface area contributed by atoms with Crippen molar-refractivity contribution in [2.45, 2.75) is 28.7 Å². The molecular weight excluding hydrogens is 360 g/mol. The smallest absolute Gasteiger partial charge is 0.313 e. The number of ketones is 1. The third-order valence-electron chi connectivity index (χ3n) is 4.18. The van der Waals surface area contributed by atoms with Gasteiger partial charge in [0.05, 0.1) is 13.2 Å². The number of carbonyl (C=O) groups is 2. The van der Waals surface area contributed by atoms with Crippen molar-refractivity contribution in [3.05, 3.63) is 77.9 Å². The first-order valence-corrected chi connectivity index (χ1v) is 9.42. The van der Waals surface area contributed by atoms with Gasteiger partial charge < -0.3 is 9.84 Å². The summed E-state index contributed by atoms with van der Waals surface area (Å²) in [4.78, 5) is 25.2. The van der Waals surface area contributed by atoms with Crippen LogP contribution in [-0.4, -0.2) is 30.1 Å². The van der Waals surface area contributed by atoms with Crippen LogP contribution in [0.4, 0.5) is 0 Å². The molecule has 0 aliphatic carbocycles. The van der Waals surface area contributed by atoms with Crippen molar-refractivity contribution >= 4 is 29.1 Å². The van der Waals surface area contributed by atoms with Crippen LogP contribution in [0.3, 0.4) is 0 Å². The van der Waals surface area contributed by atoms with Crippen LogP contribution in [0.15, 0.2) is 76.5 Å². The molecular formula is C22H20O4S. The first-order chi connectivity index (χ1) is 13.1. The van der Waals surface area contributed by atoms with Crippen molar-refractivity contribution in [2.75, 3.05) is 7.11 Å². The minimum Gasteiger partial charge on any atom is -0.469 e. The summed E-state index contributed by atoms with van der Waals surface area (Å²) >= 11 is 1.74. The fraction of sp³-hybridized carbons (Fsp3) is 0.182. The van der Waals surface area contributed by atoms with Crippen molar-refractivity contribution in [3.8, 4) is 0 Å². The standard InChI is InChI=1S/C22H20O4S/c1-26-22(25)14-16(24)13-15(23)7-6-10-17-18-8-2-4-11-20(18)27-21-12-5-3-9-19(17)21/h2-12,15,23H,13-14H2,1H3. The molecule has 1 aliphatic rings. The summed E-state index contributed by atoms with van der Waals surface area (Å²) in [5, 5.41) is 10.0. The zero-order valence-corrected chi connectivity index (χ0v) is 15.7. The lowest BCUT2D eigenvalue weighted by Gasteiger charge is -2.21. The van der Waals surface area contributed by atoms with Crippen LogP contribution >= 0.6 is 11.8 Å². The topological polar surface area (TPSA) is 63.6 Å². The molecule has 0 saturated carbocycles. The Bertz CT molecular complexity index is 867. The van der Waals surface area contributed by atoms with Gasteiger partial charge in [-0.15, -0.1) is 0 Å². The van der Waals surface area contributed by atoms with Gasteiger partial charge in [0.15, 0.2) is 0 Å². The van der Waals surface area contributed by atoms with Gasteiger partial charge in [-0.05, 0) is 28.8 Å². The molecule has 1 heterocycles. The zero-order chi connectivity index (χ0) is 19.2. The number of aliphatic hydroxyl groups excluding tert-OH is 1. The average molecular weight is 380 g/mol. The number of benzene rings is 2. The Labute approximate surface area is 162 Å². The predicted octanol–water partition coefficient (Wildman–Crippen LogP) is 4.02. The number of Topliss-reactive ketones (excluding diaryl/α,β-unsaturated/α-hetero) is 1. The summed E-state index contributed by atoms with van der Waals surface area (Å²) in [6, 6.07) is 16.4. The number of allylic oxidation sites excluding steroid dienone is 2. The van der Waals surface area contributed by atoms with Crippen molar-refractivity contribution in [2.24, 2.45) is 0 Å². The molecule has 1 N–H and O–H groups in total. The van der Waals surface area contributed by atoms with Crippen molar-refractivity contribution in [1.29, 1.82) is 0 Å². The second-order valence-corrected chi connectivity index (χ2v) is 7.21. The van der Waals surface area contributed by atoms with E-state index in [1.807, 2.05) is 30.3 Å². The minimum absolute atomic E-state index is 0.113. The van der Waals surface area contributed by atoms with E-state index in [0.717, 1.165) is 16.7 Å². The third kappa shape index (κ3) is 4.76. The van der Waals surface area contributed by atoms with Crippen LogP contribution in [0.5, 0.6) is 0 Å². The number of ether oxygens (including phenoxy) is 1. The van der Waals surface area contributed by atoms with Gasteiger partial charge in [0.2, 0.25) is 0 Å². The fourth-order valence-electron chi connectivity index (χ4n) is 2.89. The van der Waals surface area contributed by atoms with E-state index in [4.69, 9.17) is 0 Å². The molecule has 2 aromatic rings. The van der Waals surface area contributed by atoms with E-state index in [1.165, 1.54) is 16.9 Å². The van der Waals surface area contributed by atoms with Gasteiger partial charge >= 0.3 is 5.97 Å². The van der Waals surface area contributed by atoms with Crippen molar-refractivity contribution in [1.82, 2.24) is 0 Å². The lowest BCUT2D eigenvalue weighted by atomic mass is 9.96. The van der Waals surface area contributed by atoms with Gasteiger partial charge in [0, 0.05) is 16.2 Å². The van der Waals surface area contributed by atoms with Gasteiger partial charge in [-0.2, -0.15) is 0 Å². The van der Waals surface area contributed by atoms with E-state index >= 15 is 0 Å². The Morgan fingerprint density at radius 1 is 1.07 bits per heavy atom. The highest BCUT2D eigenvalue weighted by Crippen LogP contribution is 2.45. The second-order valence-electron chi connectivity index (χ2n) is 6.12. The summed E-state index contributed by atoms with van der Waals surface area (Å²) in [6.07, 6.45) is 3.90. The van der Waals surface area contributed by atoms with E-state index in [9.17, 15) is 14.7 Å². The van der Waals surface area contributed by atoms with Gasteiger partial charge in [-0.25, -0.2) is 0 Å². The Hall–Kier alpha value is -2.63. The molecule has 138 valence electrons. The molecule has 0 aromatic heterocycles. The van der Waals surface area contributed by atoms with E-state index in [2.05, 4.69) is 29.0 Å². The third-order valence-corrected chi connectivity index (χ3v) is 5.33. The zero-order valence-electron chi connectivity index (χ0n) is 14.9. The number of aliphatic hydroxyl groups is 1. The molecule has 0 radical (unpaired) electrons. The van der Waals surface area contributed by atoms with Gasteiger partial charge in [0.25, 0.3) is 0 Å². The molecule has 5 heteroatoms. The SMILES string of the molecule is COC(=O)CC(=O)CC(O)C=CC=C1c2ccccc2Sc2ccccc21. The number of hydrogen-bond acceptors (Lipinski definition) is 5. The first kappa shape index (κ1) is 19.1. The Morgan fingerprint density at radius 2 is 1.67 bits per heavy atom. The largest absolute Gasteiger partial charge is 0.469 e. The Balaban J connectivity index is 1.78. The van der Waals surface area contributed by atoms with E-state index in [0.29, 0.717) is 0 Å². The molecule has 0 spiro atoms. The van der Waals surface area contributed by atoms with Crippen molar-refractivity contribution < 1.29 is 19.4 Å². The van der Waals surface area contributed by atoms with Crippen LogP contribution in [0.1, 0.15) is 24.0 Å². The molecule has 1 aliphatic heterocycles. The molecule has 0 fully saturated rings. The van der Waals surface area contributed by atoms with Gasteiger partial charge in [0.1, 0.15) is 12.2 Å². The lowest BCUT2D eigenvalue weighted by Crippen LogP contribution is -2.15. The molecule has 1 atom stereocenters. The molecule has 0 bridgehead atoms. The molecule has 1 unspecified atom stereocenters. The lowest BCUT2D eigenvalue weighted by molar-refractivity contribution is -0.143. The quantitative estimate of drug-likeness (QED) is 0.517. The Kier molecular flexibility index (Phi) is 6.27. The van der Waals surface area contributed by atoms with Crippen LogP contribution in [0, 0.1) is 0 Å². The highest BCUT2D eigenvalue weighted by Gasteiger charge is 2.19. The number of fused-ring (bicyclic) bond motifs is 2. The fourth-order valence-corrected chi connectivity index (χ4v) is 3.99. The van der Waals surface area contributed by atoms with E-state index in [-0.39, 0.29) is 18.6 Å². The number of esters is 1. The maximum absolute atomic E-state index is 11.7. The summed E-state index contributed by atoms with van der Waals surface area (Å²) in [5.74, 6) is -0.942. The molecule has 4 nitrogen and oxygen atoms in total. The number of carbonyl (C=O) groups excluding carboxylic acids is 2. The maximum Gasteiger partial charge on any atom is 0.313 e. The molecule has 0 amide bonds. The summed E-state index contributed by atoms with van der Waals surface area (Å²) in [5.41, 5.74) is 3.36. The number of methoxy groups -OCH3 is 1. The van der Waals surface area contributed by atoms with E-state index in [1.54, 1.807) is 23.9 Å². The summed E-state index contributed by atoms with van der Waals surface area (Å²) in [6.45, 7) is 0. The number of hydrogen-bond donors (Lipinski definition) is 1. The van der Waals surface area contributed by atoms with Crippen LogP contribution in [0.2, 0.25) is 0 Å². The highest BCUT2D eigenvalue weighted by molar-refractivity contribution is 7.99. The molecule has 0 saturated heterocycles. The molecule has 27 heavy (non-hydrogen) atoms. The van der Waals surface area contributed by atoms with Crippen LogP contribution < -0.4 is 0 Å². The molecule has 2 aromatic carbocycles. The Morgan fingerprint density at radius 3 is 2.26 bits per heavy atom. The molecule has 3 rings (SSSR count). The van der Waals surface area contributed by atoms with E-state index < -0.39 is 12.1 Å². The highest BCUT2D eigenvalue weighted by atomic mass is 32.2. The minimum atomic E-state index is -0.942. The summed E-state index contributed by atoms with van der Waals surface area (Å²) < 4.78 is 4.46.